The third kappa shape index (κ3) is 28.6. The second kappa shape index (κ2) is 45.9. The zero-order chi connectivity index (χ0) is 75.5. The number of fused-ring (bicyclic) bond motifs is 7. The Morgan fingerprint density at radius 1 is 0.422 bits per heavy atom. The van der Waals surface area contributed by atoms with E-state index in [0.29, 0.717) is 16.2 Å². The van der Waals surface area contributed by atoms with Crippen LogP contribution in [0.4, 0.5) is 5.69 Å². The molecule has 10 aromatic carbocycles. The Morgan fingerprint density at radius 3 is 1.32 bits per heavy atom. The number of anilines is 1. The standard InChI is InChI=1S/C19H12N.C18H13N2O2S.C17H10NS.C13H8NS.4C5H8O2.4Ir/c1-2-7-16-13-17(10-9-14(16)5-1)19-18-8-4-3-6-15(18)11-12-20-19;1-20(2)12-8-7-11-9-13(18(21)22-15(11)10-12)17-19-14-5-3-4-6-16(14)23-17;1-2-8-13-12(6-1)7-5-9-14(13)17-18-15-10-3-4-11-16(15)19-17;1-2-6-10(7-3-1)13-14-11-8-4-5-9-12(11)15-13;4*1-4(6)3-5(2)7;;;;/h1-9,11-13H;3-8,10H,1-2H3;1-8,10-11H;1-6,8-9H;4*3,6H,1-2H3;;;;/q4*-1;;;;;;;;. The average Bonchev–Trinajstić information content (AvgIpc) is 1.64. The van der Waals surface area contributed by atoms with Gasteiger partial charge in [0.05, 0.1) is 50.2 Å². The van der Waals surface area contributed by atoms with Crippen molar-refractivity contribution in [2.45, 2.75) is 55.4 Å². The van der Waals surface area contributed by atoms with Gasteiger partial charge in [-0.25, -0.2) is 0 Å². The summed E-state index contributed by atoms with van der Waals surface area (Å²) in [5.41, 5.74) is 8.69. The van der Waals surface area contributed by atoms with Gasteiger partial charge in [-0.15, -0.1) is 106 Å². The predicted molar refractivity (Wildman–Crippen MR) is 431 cm³/mol. The van der Waals surface area contributed by atoms with Crippen LogP contribution >= 0.6 is 34.0 Å². The molecular formula is C87H75Ir4N5O10S3-4. The largest absolute Gasteiger partial charge is 0.512 e. The maximum Gasteiger partial charge on any atom is 0.269 e. The molecule has 15 aromatic rings. The van der Waals surface area contributed by atoms with E-state index in [9.17, 15) is 24.0 Å². The predicted octanol–water partition coefficient (Wildman–Crippen LogP) is 21.6. The van der Waals surface area contributed by atoms with Crippen molar-refractivity contribution in [3.8, 4) is 43.0 Å². The number of carbonyl (C=O) groups is 4. The van der Waals surface area contributed by atoms with Crippen LogP contribution in [-0.4, -0.2) is 77.6 Å². The maximum absolute atomic E-state index is 12.3. The van der Waals surface area contributed by atoms with Crippen molar-refractivity contribution in [3.05, 3.63) is 307 Å². The van der Waals surface area contributed by atoms with Crippen molar-refractivity contribution in [2.75, 3.05) is 19.0 Å². The first kappa shape index (κ1) is 91.6. The number of hydrogen-bond donors (Lipinski definition) is 4. The fourth-order valence-corrected chi connectivity index (χ4v) is 12.9. The summed E-state index contributed by atoms with van der Waals surface area (Å²) in [6.45, 7) is 11.4. The van der Waals surface area contributed by atoms with E-state index < -0.39 is 5.63 Å². The summed E-state index contributed by atoms with van der Waals surface area (Å²) in [4.78, 5) is 72.7. The number of ketones is 4. The molecule has 0 spiro atoms. The van der Waals surface area contributed by atoms with E-state index in [2.05, 4.69) is 142 Å². The number of hydrogen-bond acceptors (Lipinski definition) is 18. The van der Waals surface area contributed by atoms with Gasteiger partial charge in [-0.05, 0) is 126 Å². The minimum Gasteiger partial charge on any atom is -0.512 e. The number of allylic oxidation sites excluding steroid dienone is 8. The van der Waals surface area contributed by atoms with Gasteiger partial charge >= 0.3 is 0 Å². The molecule has 0 atom stereocenters. The summed E-state index contributed by atoms with van der Waals surface area (Å²) in [6.07, 6.45) is 6.53. The number of pyridine rings is 1. The Balaban J connectivity index is 0.000000274. The van der Waals surface area contributed by atoms with Crippen LogP contribution in [0.5, 0.6) is 0 Å². The molecular weight excluding hydrogens is 2140 g/mol. The van der Waals surface area contributed by atoms with E-state index in [0.717, 1.165) is 64.7 Å². The Morgan fingerprint density at radius 2 is 0.853 bits per heavy atom. The first-order chi connectivity index (χ1) is 50.4. The van der Waals surface area contributed by atoms with Gasteiger partial charge < -0.3 is 34.7 Å². The molecule has 4 N–H and O–H groups in total. The van der Waals surface area contributed by atoms with Crippen LogP contribution in [0.15, 0.2) is 281 Å². The fraction of sp³-hybridized carbons (Fsp3) is 0.115. The van der Waals surface area contributed by atoms with Gasteiger partial charge in [-0.2, -0.15) is 34.0 Å². The van der Waals surface area contributed by atoms with Gasteiger partial charge in [0, 0.05) is 155 Å². The molecule has 0 unspecified atom stereocenters. The molecule has 0 aliphatic heterocycles. The van der Waals surface area contributed by atoms with Crippen LogP contribution < -0.4 is 10.5 Å². The number of rotatable bonds is 9. The number of benzene rings is 10. The summed E-state index contributed by atoms with van der Waals surface area (Å²) in [7, 11) is 3.89. The molecule has 0 aliphatic carbocycles. The molecule has 5 aromatic heterocycles. The smallest absolute Gasteiger partial charge is 0.269 e. The SMILES string of the molecule is CC(=O)C=C(C)O.CC(=O)C=C(C)O.CC(=O)C=C(C)O.CC(=O)C=C(C)O.CN(C)c1ccc2[c-]c(-c3nc4ccccc4s3)c(=O)oc2c1.[Ir].[Ir].[Ir].[Ir].[c-]1cc2ccccc2cc1-c1nccc2ccccc12.[c-]1ccc2ccccc2c1-c1nc2ccccc2s1.[c-]1ccccc1-c1nc2ccccc2s1. The number of aliphatic hydroxyl groups excluding tert-OH is 4. The number of aromatic nitrogens is 4. The summed E-state index contributed by atoms with van der Waals surface area (Å²) < 4.78 is 8.98. The van der Waals surface area contributed by atoms with Crippen LogP contribution in [0.25, 0.3) is 117 Å². The Hall–Kier alpha value is -9.75. The third-order valence-corrected chi connectivity index (χ3v) is 17.6. The molecule has 0 amide bonds. The Kier molecular flexibility index (Phi) is 38.6. The molecule has 0 fully saturated rings. The second-order valence-corrected chi connectivity index (χ2v) is 26.7. The maximum atomic E-state index is 12.3. The van der Waals surface area contributed by atoms with Crippen molar-refractivity contribution in [1.29, 1.82) is 0 Å². The summed E-state index contributed by atoms with van der Waals surface area (Å²) in [5, 5.41) is 44.2. The van der Waals surface area contributed by atoms with E-state index >= 15 is 0 Å². The van der Waals surface area contributed by atoms with Crippen molar-refractivity contribution in [2.24, 2.45) is 0 Å². The van der Waals surface area contributed by atoms with Gasteiger partial charge in [-0.1, -0.05) is 131 Å². The molecule has 109 heavy (non-hydrogen) atoms. The van der Waals surface area contributed by atoms with Crippen LogP contribution in [0.3, 0.4) is 0 Å². The van der Waals surface area contributed by atoms with Crippen LogP contribution in [0.1, 0.15) is 55.4 Å². The quantitative estimate of drug-likeness (QED) is 0.0455. The molecule has 4 radical (unpaired) electrons. The number of aliphatic hydroxyl groups is 4. The summed E-state index contributed by atoms with van der Waals surface area (Å²) in [6, 6.07) is 86.3. The number of carbonyl (C=O) groups excluding carboxylic acids is 4. The molecule has 0 saturated heterocycles. The van der Waals surface area contributed by atoms with Crippen molar-refractivity contribution < 1.29 is 124 Å². The van der Waals surface area contributed by atoms with Crippen molar-refractivity contribution in [1.82, 2.24) is 19.9 Å². The third-order valence-electron chi connectivity index (χ3n) is 14.4. The fourth-order valence-electron chi connectivity index (χ4n) is 10.0. The molecule has 22 heteroatoms. The minimum absolute atomic E-state index is 0. The minimum atomic E-state index is -0.410. The summed E-state index contributed by atoms with van der Waals surface area (Å²) >= 11 is 4.90. The first-order valence-corrected chi connectivity index (χ1v) is 35.2. The molecule has 0 bridgehead atoms. The van der Waals surface area contributed by atoms with Crippen LogP contribution in [0, 0.1) is 24.3 Å². The van der Waals surface area contributed by atoms with Gasteiger partial charge in [0.25, 0.3) is 5.63 Å². The zero-order valence-electron chi connectivity index (χ0n) is 60.7. The van der Waals surface area contributed by atoms with Crippen molar-refractivity contribution >= 4 is 137 Å². The Labute approximate surface area is 698 Å². The summed E-state index contributed by atoms with van der Waals surface area (Å²) in [5.74, 6) is -0.250. The normalized spacial score (nSPS) is 10.7. The molecule has 566 valence electrons. The first-order valence-electron chi connectivity index (χ1n) is 32.8. The van der Waals surface area contributed by atoms with E-state index in [1.54, 1.807) is 22.7 Å². The van der Waals surface area contributed by atoms with Crippen molar-refractivity contribution in [3.63, 3.8) is 0 Å². The molecule has 5 heterocycles. The average molecular weight is 2220 g/mol. The van der Waals surface area contributed by atoms with E-state index in [4.69, 9.17) is 29.8 Å². The van der Waals surface area contributed by atoms with E-state index in [-0.39, 0.29) is 127 Å². The second-order valence-electron chi connectivity index (χ2n) is 23.6. The van der Waals surface area contributed by atoms with E-state index in [1.807, 2.05) is 140 Å². The zero-order valence-corrected chi connectivity index (χ0v) is 72.7. The van der Waals surface area contributed by atoms with Gasteiger partial charge in [-0.3, -0.25) is 38.9 Å². The van der Waals surface area contributed by atoms with Gasteiger partial charge in [0.15, 0.2) is 23.1 Å². The monoisotopic (exact) mass is 2220 g/mol. The number of nitrogens with zero attached hydrogens (tertiary/aromatic N) is 5. The molecule has 15 nitrogen and oxygen atoms in total. The number of para-hydroxylation sites is 3. The van der Waals surface area contributed by atoms with Gasteiger partial charge in [0.1, 0.15) is 0 Å². The van der Waals surface area contributed by atoms with Crippen LogP contribution in [-0.2, 0) is 99.6 Å². The van der Waals surface area contributed by atoms with Gasteiger partial charge in [0.2, 0.25) is 0 Å². The molecule has 15 rings (SSSR count). The topological polar surface area (TPSA) is 234 Å². The van der Waals surface area contributed by atoms with E-state index in [1.165, 1.54) is 133 Å². The number of thiazole rings is 3. The molecule has 0 aliphatic rings. The Bertz CT molecular complexity index is 5500. The van der Waals surface area contributed by atoms with Crippen LogP contribution in [0.2, 0.25) is 0 Å². The molecule has 0 saturated carbocycles.